The number of carbonyl (C=O) groups excluding carboxylic acids is 4. The van der Waals surface area contributed by atoms with Crippen LogP contribution < -0.4 is 15.4 Å². The molecular weight excluding hydrogens is 605 g/mol. The average Bonchev–Trinajstić information content (AvgIpc) is 3.70. The highest BCUT2D eigenvalue weighted by Crippen LogP contribution is 2.59. The maximum atomic E-state index is 15.2. The maximum absolute atomic E-state index is 15.2. The van der Waals surface area contributed by atoms with Crippen LogP contribution in [0.25, 0.3) is 0 Å². The van der Waals surface area contributed by atoms with Crippen LogP contribution in [0.1, 0.15) is 40.0 Å². The number of likely N-dealkylation sites (tertiary alicyclic amines) is 2. The molecule has 4 heterocycles. The number of carbonyl (C=O) groups is 4. The summed E-state index contributed by atoms with van der Waals surface area (Å²) in [6.45, 7) is 4.45. The molecule has 236 valence electrons. The highest BCUT2D eigenvalue weighted by molar-refractivity contribution is 6.32. The minimum Gasteiger partial charge on any atom is -0.472 e. The number of fused-ring (bicyclic) bond motifs is 6. The van der Waals surface area contributed by atoms with Gasteiger partial charge >= 0.3 is 11.3 Å². The van der Waals surface area contributed by atoms with Crippen molar-refractivity contribution in [1.82, 2.24) is 20.1 Å². The molecule has 15 heteroatoms. The molecule has 3 aliphatic heterocycles. The van der Waals surface area contributed by atoms with E-state index in [0.29, 0.717) is 12.8 Å². The highest BCUT2D eigenvalue weighted by Gasteiger charge is 2.65. The molecule has 6 rings (SSSR count). The third-order valence-electron chi connectivity index (χ3n) is 9.93. The Morgan fingerprint density at radius 1 is 1.25 bits per heavy atom. The Morgan fingerprint density at radius 2 is 1.98 bits per heavy atom. The molecule has 11 nitrogen and oxygen atoms in total. The van der Waals surface area contributed by atoms with Gasteiger partial charge in [0.25, 0.3) is 5.91 Å². The molecule has 2 bridgehead atoms. The number of ether oxygens (including phenoxy) is 1. The van der Waals surface area contributed by atoms with Gasteiger partial charge in [-0.2, -0.15) is 14.0 Å². The zero-order valence-corrected chi connectivity index (χ0v) is 25.0. The fraction of sp³-hybridized carbons (Fsp3) is 0.655. The first-order chi connectivity index (χ1) is 20.6. The largest absolute Gasteiger partial charge is 0.472 e. The van der Waals surface area contributed by atoms with Crippen LogP contribution in [0.5, 0.6) is 5.75 Å². The van der Waals surface area contributed by atoms with Gasteiger partial charge in [0.05, 0.1) is 12.6 Å². The number of nitriles is 1. The minimum absolute atomic E-state index is 0.0553. The molecule has 2 saturated carbocycles. The standard InChI is InChI=1S/C29H32ClF3N6O5/c1-27(2,3)21(36-26(43)29(30,32)33)24(41)38-11-16-13-7-15(17(31)8-13)19(16)20(38)23(40)39-12-28(9-14(39)10-34)25(42)37-22-18(44-28)5-4-6-35-22/h4-6,13-17,19-21H,7-9,11-12H2,1-3H3,(H,36,43)(H,35,37,42)/t13-,14-,15+,16+,17+,19-,20-,21+,28+/m0/s1. The fourth-order valence-electron chi connectivity index (χ4n) is 7.95. The van der Waals surface area contributed by atoms with Crippen LogP contribution in [-0.2, 0) is 19.2 Å². The van der Waals surface area contributed by atoms with Crippen molar-refractivity contribution in [2.45, 2.75) is 75.3 Å². The third kappa shape index (κ3) is 4.74. The monoisotopic (exact) mass is 636 g/mol. The summed E-state index contributed by atoms with van der Waals surface area (Å²) in [5, 5.41) is 10.5. The van der Waals surface area contributed by atoms with Crippen LogP contribution in [-0.4, -0.2) is 86.8 Å². The number of aromatic nitrogens is 1. The van der Waals surface area contributed by atoms with Gasteiger partial charge in [0.15, 0.2) is 11.6 Å². The molecule has 5 aliphatic rings. The first-order valence-electron chi connectivity index (χ1n) is 14.5. The lowest BCUT2D eigenvalue weighted by molar-refractivity contribution is -0.151. The molecule has 1 aromatic heterocycles. The van der Waals surface area contributed by atoms with E-state index in [2.05, 4.69) is 21.7 Å². The topological polar surface area (TPSA) is 145 Å². The molecule has 1 spiro atoms. The number of nitrogens with zero attached hydrogens (tertiary/aromatic N) is 4. The minimum atomic E-state index is -4.28. The molecule has 2 N–H and O–H groups in total. The van der Waals surface area contributed by atoms with Gasteiger partial charge in [0.1, 0.15) is 24.3 Å². The Kier molecular flexibility index (Phi) is 7.07. The normalized spacial score (nSPS) is 34.6. The van der Waals surface area contributed by atoms with Crippen molar-refractivity contribution in [2.24, 2.45) is 29.1 Å². The summed E-state index contributed by atoms with van der Waals surface area (Å²) in [6.07, 6.45) is 0.962. The summed E-state index contributed by atoms with van der Waals surface area (Å²) in [4.78, 5) is 60.7. The van der Waals surface area contributed by atoms with Gasteiger partial charge in [-0.1, -0.05) is 20.8 Å². The van der Waals surface area contributed by atoms with Crippen molar-refractivity contribution in [3.05, 3.63) is 18.3 Å². The Hall–Kier alpha value is -3.60. The van der Waals surface area contributed by atoms with Gasteiger partial charge in [0, 0.05) is 19.2 Å². The second kappa shape index (κ2) is 10.2. The molecule has 44 heavy (non-hydrogen) atoms. The molecule has 0 aromatic carbocycles. The van der Waals surface area contributed by atoms with Gasteiger partial charge in [-0.05, 0) is 65.7 Å². The molecule has 2 aliphatic carbocycles. The number of amides is 4. The molecule has 4 fully saturated rings. The molecule has 0 radical (unpaired) electrons. The van der Waals surface area contributed by atoms with Crippen LogP contribution in [0.3, 0.4) is 0 Å². The van der Waals surface area contributed by atoms with E-state index in [1.54, 1.807) is 32.9 Å². The summed E-state index contributed by atoms with van der Waals surface area (Å²) in [5.74, 6) is -4.86. The van der Waals surface area contributed by atoms with E-state index in [-0.39, 0.29) is 42.9 Å². The van der Waals surface area contributed by atoms with Crippen molar-refractivity contribution in [1.29, 1.82) is 5.26 Å². The van der Waals surface area contributed by atoms with Crippen molar-refractivity contribution in [2.75, 3.05) is 18.4 Å². The SMILES string of the molecule is CC(C)(C)[C@H](NC(=O)C(F)(F)Cl)C(=O)N1C[C@@H]2[C@H]3C[C@@H]([C@@H]2[C@H]1C(=O)N1C[C@@]2(C[C@H]1C#N)Oc1cccnc1NC2=O)[C@H](F)C3. The van der Waals surface area contributed by atoms with E-state index < -0.39 is 76.2 Å². The highest BCUT2D eigenvalue weighted by atomic mass is 35.5. The summed E-state index contributed by atoms with van der Waals surface area (Å²) in [5.41, 5.74) is -2.69. The lowest BCUT2D eigenvalue weighted by atomic mass is 9.77. The number of halogens is 4. The molecule has 9 atom stereocenters. The van der Waals surface area contributed by atoms with Crippen molar-refractivity contribution >= 4 is 41.0 Å². The van der Waals surface area contributed by atoms with Gasteiger partial charge in [-0.15, -0.1) is 0 Å². The lowest BCUT2D eigenvalue weighted by Gasteiger charge is -2.39. The van der Waals surface area contributed by atoms with Crippen molar-refractivity contribution in [3.8, 4) is 11.8 Å². The first-order valence-corrected chi connectivity index (χ1v) is 14.9. The first kappa shape index (κ1) is 30.4. The number of alkyl halides is 4. The molecule has 4 amide bonds. The number of nitrogens with one attached hydrogen (secondary N) is 2. The lowest BCUT2D eigenvalue weighted by Crippen LogP contribution is -2.61. The third-order valence-corrected chi connectivity index (χ3v) is 10.1. The van der Waals surface area contributed by atoms with E-state index in [1.807, 2.05) is 0 Å². The predicted octanol–water partition coefficient (Wildman–Crippen LogP) is 2.46. The van der Waals surface area contributed by atoms with Crippen LogP contribution in [0, 0.1) is 40.4 Å². The fourth-order valence-corrected chi connectivity index (χ4v) is 8.00. The Morgan fingerprint density at radius 3 is 2.64 bits per heavy atom. The van der Waals surface area contributed by atoms with Gasteiger partial charge in [-0.3, -0.25) is 19.2 Å². The second-order valence-electron chi connectivity index (χ2n) is 13.6. The zero-order chi connectivity index (χ0) is 31.9. The number of anilines is 1. The van der Waals surface area contributed by atoms with Crippen LogP contribution in [0.2, 0.25) is 0 Å². The Balaban J connectivity index is 1.34. The van der Waals surface area contributed by atoms with E-state index in [9.17, 15) is 33.2 Å². The summed E-state index contributed by atoms with van der Waals surface area (Å²) >= 11 is 4.94. The average molecular weight is 637 g/mol. The zero-order valence-electron chi connectivity index (χ0n) is 24.2. The van der Waals surface area contributed by atoms with Crippen LogP contribution >= 0.6 is 11.6 Å². The van der Waals surface area contributed by atoms with E-state index >= 15 is 4.39 Å². The van der Waals surface area contributed by atoms with E-state index in [4.69, 9.17) is 16.3 Å². The molecule has 2 saturated heterocycles. The maximum Gasteiger partial charge on any atom is 0.399 e. The Labute approximate surface area is 256 Å². The summed E-state index contributed by atoms with van der Waals surface area (Å²) in [6, 6.07) is 1.41. The smallest absolute Gasteiger partial charge is 0.399 e. The predicted molar refractivity (Wildman–Crippen MR) is 148 cm³/mol. The van der Waals surface area contributed by atoms with E-state index in [0.717, 1.165) is 0 Å². The van der Waals surface area contributed by atoms with Crippen molar-refractivity contribution in [3.63, 3.8) is 0 Å². The van der Waals surface area contributed by atoms with Gasteiger partial charge in [0.2, 0.25) is 17.4 Å². The Bertz CT molecular complexity index is 1460. The summed E-state index contributed by atoms with van der Waals surface area (Å²) in [7, 11) is 0. The van der Waals surface area contributed by atoms with Crippen molar-refractivity contribution < 1.29 is 37.1 Å². The second-order valence-corrected chi connectivity index (χ2v) is 14.0. The number of rotatable bonds is 4. The summed E-state index contributed by atoms with van der Waals surface area (Å²) < 4.78 is 48.6. The molecule has 0 unspecified atom stereocenters. The van der Waals surface area contributed by atoms with Gasteiger partial charge in [-0.25, -0.2) is 9.37 Å². The number of pyridine rings is 1. The van der Waals surface area contributed by atoms with Gasteiger partial charge < -0.3 is 25.2 Å². The van der Waals surface area contributed by atoms with Crippen LogP contribution in [0.4, 0.5) is 19.0 Å². The van der Waals surface area contributed by atoms with E-state index in [1.165, 1.54) is 16.0 Å². The van der Waals surface area contributed by atoms with Crippen LogP contribution in [0.15, 0.2) is 18.3 Å². The molecular formula is C29H32ClF3N6O5. The quantitative estimate of drug-likeness (QED) is 0.483. The number of hydrogen-bond acceptors (Lipinski definition) is 7. The molecule has 1 aromatic rings. The number of hydrogen-bond donors (Lipinski definition) is 2.